The highest BCUT2D eigenvalue weighted by Gasteiger charge is 2.23. The summed E-state index contributed by atoms with van der Waals surface area (Å²) < 4.78 is 28.5. The van der Waals surface area contributed by atoms with Gasteiger partial charge in [0.1, 0.15) is 0 Å². The van der Waals surface area contributed by atoms with Crippen molar-refractivity contribution in [2.75, 3.05) is 12.9 Å². The van der Waals surface area contributed by atoms with E-state index >= 15 is 0 Å². The molecule has 0 atom stereocenters. The third kappa shape index (κ3) is 5.43. The molecule has 2 aromatic rings. The minimum atomic E-state index is -3.40. The number of hydrogen-bond donors (Lipinski definition) is 1. The van der Waals surface area contributed by atoms with Crippen LogP contribution in [0.1, 0.15) is 24.5 Å². The van der Waals surface area contributed by atoms with Crippen molar-refractivity contribution in [2.24, 2.45) is 0 Å². The fourth-order valence-corrected chi connectivity index (χ4v) is 3.48. The van der Waals surface area contributed by atoms with E-state index in [-0.39, 0.29) is 17.1 Å². The second-order valence-corrected chi connectivity index (χ2v) is 8.40. The van der Waals surface area contributed by atoms with Gasteiger partial charge in [-0.3, -0.25) is 4.79 Å². The number of carboxylic acids is 1. The van der Waals surface area contributed by atoms with E-state index in [0.29, 0.717) is 21.7 Å². The number of rotatable bonds is 7. The number of ether oxygens (including phenoxy) is 1. The standard InChI is InChI=1S/C20H19ClO6S/c1-3-27-20(24)17(12-18(22)23)19(14-5-4-6-15(21)11-14)13-7-9-16(10-8-13)28(2,25)26/h4-11H,3,12H2,1-2H3,(H,22,23). The van der Waals surface area contributed by atoms with Crippen LogP contribution in [0.25, 0.3) is 5.57 Å². The summed E-state index contributed by atoms with van der Waals surface area (Å²) in [5, 5.41) is 9.71. The minimum absolute atomic E-state index is 0.0521. The second kappa shape index (κ2) is 9.03. The summed E-state index contributed by atoms with van der Waals surface area (Å²) in [4.78, 5) is 24.0. The van der Waals surface area contributed by atoms with Crippen molar-refractivity contribution in [3.8, 4) is 0 Å². The first-order valence-corrected chi connectivity index (χ1v) is 10.6. The summed E-state index contributed by atoms with van der Waals surface area (Å²) in [7, 11) is -3.40. The molecule has 0 unspecified atom stereocenters. The zero-order valence-electron chi connectivity index (χ0n) is 15.3. The molecule has 0 saturated heterocycles. The topological polar surface area (TPSA) is 97.7 Å². The summed E-state index contributed by atoms with van der Waals surface area (Å²) in [6.07, 6.45) is 0.526. The molecule has 28 heavy (non-hydrogen) atoms. The van der Waals surface area contributed by atoms with Gasteiger partial charge in [-0.1, -0.05) is 35.9 Å². The number of carboxylic acid groups (broad SMARTS) is 1. The molecule has 0 saturated carbocycles. The van der Waals surface area contributed by atoms with E-state index in [9.17, 15) is 23.1 Å². The molecule has 0 spiro atoms. The van der Waals surface area contributed by atoms with Gasteiger partial charge < -0.3 is 9.84 Å². The molecule has 0 amide bonds. The molecule has 0 aliphatic heterocycles. The molecule has 1 N–H and O–H groups in total. The first kappa shape index (κ1) is 21.7. The van der Waals surface area contributed by atoms with Crippen molar-refractivity contribution in [3.05, 3.63) is 70.3 Å². The molecule has 0 aromatic heterocycles. The SMILES string of the molecule is CCOC(=O)C(CC(=O)O)=C(c1ccc(S(C)(=O)=O)cc1)c1cccc(Cl)c1. The molecule has 0 heterocycles. The average Bonchev–Trinajstić information content (AvgIpc) is 2.61. The molecule has 2 rings (SSSR count). The molecule has 0 aliphatic rings. The fourth-order valence-electron chi connectivity index (χ4n) is 2.66. The van der Waals surface area contributed by atoms with Crippen molar-refractivity contribution in [2.45, 2.75) is 18.2 Å². The fraction of sp³-hybridized carbons (Fsp3) is 0.200. The van der Waals surface area contributed by atoms with Crippen LogP contribution in [0.3, 0.4) is 0 Å². The van der Waals surface area contributed by atoms with Crippen LogP contribution < -0.4 is 0 Å². The van der Waals surface area contributed by atoms with Crippen LogP contribution in [0.5, 0.6) is 0 Å². The third-order valence-corrected chi connectivity index (χ3v) is 5.20. The Morgan fingerprint density at radius 2 is 1.71 bits per heavy atom. The third-order valence-electron chi connectivity index (χ3n) is 3.84. The maximum Gasteiger partial charge on any atom is 0.335 e. The van der Waals surface area contributed by atoms with E-state index in [0.717, 1.165) is 6.26 Å². The van der Waals surface area contributed by atoms with Crippen LogP contribution in [-0.2, 0) is 24.2 Å². The van der Waals surface area contributed by atoms with Gasteiger partial charge >= 0.3 is 11.9 Å². The molecule has 8 heteroatoms. The van der Waals surface area contributed by atoms with Crippen LogP contribution in [0, 0.1) is 0 Å². The Balaban J connectivity index is 2.77. The van der Waals surface area contributed by atoms with Crippen LogP contribution in [0.15, 0.2) is 59.0 Å². The lowest BCUT2D eigenvalue weighted by atomic mass is 9.91. The van der Waals surface area contributed by atoms with Crippen molar-refractivity contribution >= 4 is 38.9 Å². The first-order valence-electron chi connectivity index (χ1n) is 8.32. The highest BCUT2D eigenvalue weighted by molar-refractivity contribution is 7.90. The van der Waals surface area contributed by atoms with Crippen LogP contribution in [0.4, 0.5) is 0 Å². The van der Waals surface area contributed by atoms with E-state index in [2.05, 4.69) is 0 Å². The summed E-state index contributed by atoms with van der Waals surface area (Å²) in [6.45, 7) is 1.70. The van der Waals surface area contributed by atoms with E-state index in [1.165, 1.54) is 24.3 Å². The van der Waals surface area contributed by atoms with Gasteiger partial charge in [0.2, 0.25) is 0 Å². The maximum atomic E-state index is 12.5. The van der Waals surface area contributed by atoms with Gasteiger partial charge in [0, 0.05) is 11.3 Å². The van der Waals surface area contributed by atoms with Gasteiger partial charge in [0.15, 0.2) is 9.84 Å². The smallest absolute Gasteiger partial charge is 0.335 e. The lowest BCUT2D eigenvalue weighted by Gasteiger charge is -2.15. The Morgan fingerprint density at radius 3 is 2.21 bits per heavy atom. The van der Waals surface area contributed by atoms with Crippen LogP contribution in [0.2, 0.25) is 5.02 Å². The van der Waals surface area contributed by atoms with E-state index in [1.807, 2.05) is 0 Å². The van der Waals surface area contributed by atoms with Gasteiger partial charge in [0.05, 0.1) is 23.5 Å². The molecule has 6 nitrogen and oxygen atoms in total. The highest BCUT2D eigenvalue weighted by Crippen LogP contribution is 2.31. The maximum absolute atomic E-state index is 12.5. The second-order valence-electron chi connectivity index (χ2n) is 5.95. The number of benzene rings is 2. The predicted molar refractivity (Wildman–Crippen MR) is 106 cm³/mol. The number of hydrogen-bond acceptors (Lipinski definition) is 5. The summed E-state index contributed by atoms with van der Waals surface area (Å²) in [6, 6.07) is 12.5. The van der Waals surface area contributed by atoms with Crippen molar-refractivity contribution in [1.29, 1.82) is 0 Å². The number of aliphatic carboxylic acids is 1. The Kier molecular flexibility index (Phi) is 6.99. The van der Waals surface area contributed by atoms with E-state index in [1.54, 1.807) is 31.2 Å². The minimum Gasteiger partial charge on any atom is -0.481 e. The Hall–Kier alpha value is -2.64. The van der Waals surface area contributed by atoms with Gasteiger partial charge in [-0.25, -0.2) is 13.2 Å². The molecule has 0 radical (unpaired) electrons. The van der Waals surface area contributed by atoms with Gasteiger partial charge in [-0.15, -0.1) is 0 Å². The number of carbonyl (C=O) groups excluding carboxylic acids is 1. The Labute approximate surface area is 168 Å². The number of sulfone groups is 1. The van der Waals surface area contributed by atoms with E-state index < -0.39 is 28.2 Å². The van der Waals surface area contributed by atoms with E-state index in [4.69, 9.17) is 16.3 Å². The monoisotopic (exact) mass is 422 g/mol. The van der Waals surface area contributed by atoms with Gasteiger partial charge in [-0.2, -0.15) is 0 Å². The Bertz CT molecular complexity index is 1020. The lowest BCUT2D eigenvalue weighted by Crippen LogP contribution is -2.14. The summed E-state index contributed by atoms with van der Waals surface area (Å²) in [5.41, 5.74) is 1.26. The van der Waals surface area contributed by atoms with Crippen molar-refractivity contribution in [3.63, 3.8) is 0 Å². The largest absolute Gasteiger partial charge is 0.481 e. The first-order chi connectivity index (χ1) is 13.1. The van der Waals surface area contributed by atoms with Crippen molar-refractivity contribution in [1.82, 2.24) is 0 Å². The molecular formula is C20H19ClO6S. The van der Waals surface area contributed by atoms with Gasteiger partial charge in [-0.05, 0) is 47.9 Å². The van der Waals surface area contributed by atoms with Crippen molar-refractivity contribution < 1.29 is 27.9 Å². The number of halogens is 1. The quantitative estimate of drug-likeness (QED) is 0.541. The zero-order valence-corrected chi connectivity index (χ0v) is 16.9. The van der Waals surface area contributed by atoms with Gasteiger partial charge in [0.25, 0.3) is 0 Å². The number of esters is 1. The molecular weight excluding hydrogens is 404 g/mol. The lowest BCUT2D eigenvalue weighted by molar-refractivity contribution is -0.142. The number of carbonyl (C=O) groups is 2. The molecule has 0 fully saturated rings. The highest BCUT2D eigenvalue weighted by atomic mass is 35.5. The normalized spacial score (nSPS) is 12.2. The molecule has 2 aromatic carbocycles. The Morgan fingerprint density at radius 1 is 1.07 bits per heavy atom. The van der Waals surface area contributed by atoms with Crippen LogP contribution >= 0.6 is 11.6 Å². The molecule has 0 aliphatic carbocycles. The molecule has 0 bridgehead atoms. The van der Waals surface area contributed by atoms with Crippen LogP contribution in [-0.4, -0.2) is 38.3 Å². The predicted octanol–water partition coefficient (Wildman–Crippen LogP) is 3.58. The summed E-state index contributed by atoms with van der Waals surface area (Å²) in [5.74, 6) is -1.96. The average molecular weight is 423 g/mol. The summed E-state index contributed by atoms with van der Waals surface area (Å²) >= 11 is 6.08. The zero-order chi connectivity index (χ0) is 20.9. The molecule has 148 valence electrons.